The van der Waals surface area contributed by atoms with Gasteiger partial charge in [-0.1, -0.05) is 122 Å². The molecule has 0 fully saturated rings. The van der Waals surface area contributed by atoms with Gasteiger partial charge in [-0.2, -0.15) is 0 Å². The Morgan fingerprint density at radius 3 is 0.826 bits per heavy atom. The monoisotopic (exact) mass is 347 g/mol. The molecule has 2 heteroatoms. The SMILES string of the molecule is CCCCCCCCCCCCCCCCCCCCCN.Cl. The Kier molecular flexibility index (Phi) is 27.2. The van der Waals surface area contributed by atoms with Gasteiger partial charge in [0, 0.05) is 0 Å². The molecule has 0 aliphatic rings. The van der Waals surface area contributed by atoms with Gasteiger partial charge in [-0.05, 0) is 13.0 Å². The predicted octanol–water partition coefficient (Wildman–Crippen LogP) is 7.80. The van der Waals surface area contributed by atoms with Gasteiger partial charge in [-0.3, -0.25) is 0 Å². The first-order valence-electron chi connectivity index (χ1n) is 10.6. The molecular weight excluding hydrogens is 302 g/mol. The van der Waals surface area contributed by atoms with Gasteiger partial charge >= 0.3 is 0 Å². The third-order valence-electron chi connectivity index (χ3n) is 4.81. The van der Waals surface area contributed by atoms with Crippen molar-refractivity contribution in [2.75, 3.05) is 6.54 Å². The lowest BCUT2D eigenvalue weighted by molar-refractivity contribution is 0.523. The molecule has 0 saturated carbocycles. The van der Waals surface area contributed by atoms with E-state index in [1.165, 1.54) is 122 Å². The van der Waals surface area contributed by atoms with Crippen molar-refractivity contribution < 1.29 is 0 Å². The molecular formula is C21H46ClN. The summed E-state index contributed by atoms with van der Waals surface area (Å²) in [4.78, 5) is 0. The average molecular weight is 348 g/mol. The van der Waals surface area contributed by atoms with Crippen molar-refractivity contribution in [3.8, 4) is 0 Å². The van der Waals surface area contributed by atoms with E-state index in [-0.39, 0.29) is 12.4 Å². The van der Waals surface area contributed by atoms with Crippen molar-refractivity contribution >= 4 is 12.4 Å². The standard InChI is InChI=1S/C21H45N.ClH/c1-2-3-4-5-6-7-8-9-10-11-12-13-14-15-16-17-18-19-20-21-22;/h2-22H2,1H3;1H. The number of nitrogens with two attached hydrogens (primary N) is 1. The van der Waals surface area contributed by atoms with Crippen molar-refractivity contribution in [3.05, 3.63) is 0 Å². The molecule has 0 spiro atoms. The Balaban J connectivity index is 0. The van der Waals surface area contributed by atoms with Crippen LogP contribution in [0.1, 0.15) is 129 Å². The molecule has 0 amide bonds. The highest BCUT2D eigenvalue weighted by atomic mass is 35.5. The van der Waals surface area contributed by atoms with Crippen LogP contribution < -0.4 is 5.73 Å². The van der Waals surface area contributed by atoms with Gasteiger partial charge in [0.15, 0.2) is 0 Å². The van der Waals surface area contributed by atoms with E-state index >= 15 is 0 Å². The molecule has 0 aliphatic carbocycles. The maximum atomic E-state index is 5.50. The minimum absolute atomic E-state index is 0. The Morgan fingerprint density at radius 1 is 0.391 bits per heavy atom. The van der Waals surface area contributed by atoms with Crippen LogP contribution in [-0.2, 0) is 0 Å². The van der Waals surface area contributed by atoms with Crippen LogP contribution in [0.4, 0.5) is 0 Å². The Labute approximate surface area is 154 Å². The molecule has 1 nitrogen and oxygen atoms in total. The molecule has 0 aromatic carbocycles. The molecule has 0 bridgehead atoms. The second-order valence-electron chi connectivity index (χ2n) is 7.15. The van der Waals surface area contributed by atoms with E-state index in [9.17, 15) is 0 Å². The topological polar surface area (TPSA) is 26.0 Å². The van der Waals surface area contributed by atoms with Gasteiger partial charge in [-0.25, -0.2) is 0 Å². The summed E-state index contributed by atoms with van der Waals surface area (Å²) in [6.07, 6.45) is 27.3. The van der Waals surface area contributed by atoms with Crippen LogP contribution in [0, 0.1) is 0 Å². The molecule has 0 aromatic rings. The van der Waals surface area contributed by atoms with Crippen molar-refractivity contribution in [2.45, 2.75) is 129 Å². The fourth-order valence-corrected chi connectivity index (χ4v) is 3.22. The lowest BCUT2D eigenvalue weighted by Crippen LogP contribution is -1.97. The molecule has 0 atom stereocenters. The average Bonchev–Trinajstić information content (AvgIpc) is 2.54. The lowest BCUT2D eigenvalue weighted by atomic mass is 10.0. The Hall–Kier alpha value is 0.250. The van der Waals surface area contributed by atoms with Crippen LogP contribution in [0.5, 0.6) is 0 Å². The van der Waals surface area contributed by atoms with Crippen LogP contribution in [0.2, 0.25) is 0 Å². The first kappa shape index (κ1) is 25.5. The second-order valence-corrected chi connectivity index (χ2v) is 7.15. The maximum Gasteiger partial charge on any atom is -0.00773 e. The number of hydrogen-bond donors (Lipinski definition) is 1. The van der Waals surface area contributed by atoms with Gasteiger partial charge in [0.1, 0.15) is 0 Å². The van der Waals surface area contributed by atoms with Crippen molar-refractivity contribution in [3.63, 3.8) is 0 Å². The number of halogens is 1. The third kappa shape index (κ3) is 24.6. The molecule has 0 unspecified atom stereocenters. The minimum atomic E-state index is 0. The lowest BCUT2D eigenvalue weighted by Gasteiger charge is -2.03. The highest BCUT2D eigenvalue weighted by Crippen LogP contribution is 2.14. The smallest absolute Gasteiger partial charge is 0.00773 e. The predicted molar refractivity (Wildman–Crippen MR) is 110 cm³/mol. The molecule has 0 radical (unpaired) electrons. The summed E-state index contributed by atoms with van der Waals surface area (Å²) in [5.74, 6) is 0. The van der Waals surface area contributed by atoms with Gasteiger partial charge in [0.25, 0.3) is 0 Å². The van der Waals surface area contributed by atoms with E-state index in [1.807, 2.05) is 0 Å². The summed E-state index contributed by atoms with van der Waals surface area (Å²) in [6, 6.07) is 0. The van der Waals surface area contributed by atoms with E-state index in [0.29, 0.717) is 0 Å². The first-order chi connectivity index (χ1) is 10.9. The van der Waals surface area contributed by atoms with Gasteiger partial charge in [-0.15, -0.1) is 12.4 Å². The summed E-state index contributed by atoms with van der Waals surface area (Å²) in [5, 5.41) is 0. The van der Waals surface area contributed by atoms with E-state index in [4.69, 9.17) is 5.73 Å². The van der Waals surface area contributed by atoms with Crippen LogP contribution >= 0.6 is 12.4 Å². The number of rotatable bonds is 19. The van der Waals surface area contributed by atoms with E-state index in [2.05, 4.69) is 6.92 Å². The van der Waals surface area contributed by atoms with Gasteiger partial charge in [0.2, 0.25) is 0 Å². The molecule has 0 saturated heterocycles. The largest absolute Gasteiger partial charge is 0.330 e. The number of unbranched alkanes of at least 4 members (excludes halogenated alkanes) is 18. The Bertz CT molecular complexity index is 165. The van der Waals surface area contributed by atoms with Crippen molar-refractivity contribution in [2.24, 2.45) is 5.73 Å². The van der Waals surface area contributed by atoms with Crippen molar-refractivity contribution in [1.29, 1.82) is 0 Å². The van der Waals surface area contributed by atoms with Gasteiger partial charge < -0.3 is 5.73 Å². The zero-order valence-electron chi connectivity index (χ0n) is 16.1. The highest BCUT2D eigenvalue weighted by Gasteiger charge is 1.94. The number of hydrogen-bond acceptors (Lipinski definition) is 1. The van der Waals surface area contributed by atoms with Crippen LogP contribution in [0.25, 0.3) is 0 Å². The first-order valence-corrected chi connectivity index (χ1v) is 10.6. The quantitative estimate of drug-likeness (QED) is 0.237. The second kappa shape index (κ2) is 24.5. The molecule has 0 aliphatic heterocycles. The summed E-state index contributed by atoms with van der Waals surface area (Å²) in [6.45, 7) is 3.17. The molecule has 142 valence electrons. The zero-order valence-corrected chi connectivity index (χ0v) is 16.9. The van der Waals surface area contributed by atoms with Crippen LogP contribution in [-0.4, -0.2) is 6.54 Å². The molecule has 0 heterocycles. The van der Waals surface area contributed by atoms with Gasteiger partial charge in [0.05, 0.1) is 0 Å². The van der Waals surface area contributed by atoms with Crippen molar-refractivity contribution in [1.82, 2.24) is 0 Å². The third-order valence-corrected chi connectivity index (χ3v) is 4.81. The summed E-state index contributed by atoms with van der Waals surface area (Å²) < 4.78 is 0. The fourth-order valence-electron chi connectivity index (χ4n) is 3.22. The summed E-state index contributed by atoms with van der Waals surface area (Å²) in [5.41, 5.74) is 5.50. The molecule has 2 N–H and O–H groups in total. The highest BCUT2D eigenvalue weighted by molar-refractivity contribution is 5.85. The van der Waals surface area contributed by atoms with Crippen LogP contribution in [0.3, 0.4) is 0 Å². The zero-order chi connectivity index (χ0) is 16.1. The summed E-state index contributed by atoms with van der Waals surface area (Å²) >= 11 is 0. The molecule has 0 rings (SSSR count). The minimum Gasteiger partial charge on any atom is -0.330 e. The van der Waals surface area contributed by atoms with E-state index < -0.39 is 0 Å². The van der Waals surface area contributed by atoms with Crippen LogP contribution in [0.15, 0.2) is 0 Å². The summed E-state index contributed by atoms with van der Waals surface area (Å²) in [7, 11) is 0. The molecule has 0 aromatic heterocycles. The normalized spacial score (nSPS) is 10.7. The van der Waals surface area contributed by atoms with E-state index in [0.717, 1.165) is 6.54 Å². The maximum absolute atomic E-state index is 5.50. The van der Waals surface area contributed by atoms with E-state index in [1.54, 1.807) is 0 Å². The fraction of sp³-hybridized carbons (Fsp3) is 1.00. The molecule has 23 heavy (non-hydrogen) atoms. The Morgan fingerprint density at radius 2 is 0.609 bits per heavy atom.